The van der Waals surface area contributed by atoms with Gasteiger partial charge in [-0.2, -0.15) is 0 Å². The molecule has 0 fully saturated rings. The van der Waals surface area contributed by atoms with Crippen LogP contribution in [0.15, 0.2) is 24.3 Å². The molecule has 0 spiro atoms. The summed E-state index contributed by atoms with van der Waals surface area (Å²) >= 11 is 1.83. The van der Waals surface area contributed by atoms with Crippen LogP contribution in [0.25, 0.3) is 0 Å². The van der Waals surface area contributed by atoms with Gasteiger partial charge in [0.25, 0.3) is 0 Å². The molecule has 0 bridgehead atoms. The Kier molecular flexibility index (Phi) is 6.88. The molecule has 18 heavy (non-hydrogen) atoms. The second kappa shape index (κ2) is 8.20. The van der Waals surface area contributed by atoms with E-state index in [1.165, 1.54) is 19.3 Å². The lowest BCUT2D eigenvalue weighted by Crippen LogP contribution is -2.07. The van der Waals surface area contributed by atoms with Gasteiger partial charge in [0, 0.05) is 5.56 Å². The number of Topliss-reactive ketones (excluding diaryl/α,β-unsaturated/α-hetero) is 1. The fourth-order valence-electron chi connectivity index (χ4n) is 1.60. The van der Waals surface area contributed by atoms with Crippen LogP contribution in [0.3, 0.4) is 0 Å². The van der Waals surface area contributed by atoms with Gasteiger partial charge in [-0.15, -0.1) is 11.8 Å². The summed E-state index contributed by atoms with van der Waals surface area (Å²) < 4.78 is 5.78. The van der Waals surface area contributed by atoms with E-state index in [4.69, 9.17) is 4.74 Å². The number of carbonyl (C=O) groups excluding carboxylic acids is 1. The Labute approximate surface area is 114 Å². The molecule has 2 nitrogen and oxygen atoms in total. The number of hydrogen-bond donors (Lipinski definition) is 0. The normalized spacial score (nSPS) is 12.2. The fourth-order valence-corrected chi connectivity index (χ4v) is 2.48. The van der Waals surface area contributed by atoms with E-state index in [1.807, 2.05) is 36.0 Å². The Morgan fingerprint density at radius 3 is 2.50 bits per heavy atom. The van der Waals surface area contributed by atoms with E-state index in [2.05, 4.69) is 13.8 Å². The first-order valence-electron chi connectivity index (χ1n) is 6.52. The molecular weight excluding hydrogens is 244 g/mol. The van der Waals surface area contributed by atoms with Crippen molar-refractivity contribution in [3.63, 3.8) is 0 Å². The first kappa shape index (κ1) is 15.1. The van der Waals surface area contributed by atoms with Crippen molar-refractivity contribution in [1.29, 1.82) is 0 Å². The van der Waals surface area contributed by atoms with Crippen LogP contribution < -0.4 is 4.74 Å². The molecule has 0 aliphatic carbocycles. The van der Waals surface area contributed by atoms with E-state index in [0.29, 0.717) is 0 Å². The summed E-state index contributed by atoms with van der Waals surface area (Å²) in [4.78, 5) is 11.1. The Morgan fingerprint density at radius 2 is 1.94 bits per heavy atom. The molecule has 1 rings (SSSR count). The highest BCUT2D eigenvalue weighted by atomic mass is 32.2. The van der Waals surface area contributed by atoms with E-state index in [9.17, 15) is 4.79 Å². The van der Waals surface area contributed by atoms with Gasteiger partial charge in [-0.3, -0.25) is 4.79 Å². The molecule has 0 radical (unpaired) electrons. The third-order valence-electron chi connectivity index (χ3n) is 2.66. The Balaban J connectivity index is 2.35. The van der Waals surface area contributed by atoms with Crippen molar-refractivity contribution in [1.82, 2.24) is 0 Å². The lowest BCUT2D eigenvalue weighted by atomic mass is 10.1. The molecule has 0 aliphatic rings. The third kappa shape index (κ3) is 5.58. The maximum absolute atomic E-state index is 11.1. The smallest absolute Gasteiger partial charge is 0.159 e. The second-order valence-corrected chi connectivity index (χ2v) is 5.75. The predicted molar refractivity (Wildman–Crippen MR) is 78.5 cm³/mol. The molecule has 0 aliphatic heterocycles. The van der Waals surface area contributed by atoms with E-state index in [1.54, 1.807) is 6.92 Å². The number of hydrogen-bond acceptors (Lipinski definition) is 3. The quantitative estimate of drug-likeness (QED) is 0.392. The number of carbonyl (C=O) groups is 1. The second-order valence-electron chi connectivity index (χ2n) is 4.34. The Hall–Kier alpha value is -0.960. The van der Waals surface area contributed by atoms with Gasteiger partial charge in [0.2, 0.25) is 0 Å². The molecule has 0 aromatic heterocycles. The number of rotatable bonds is 8. The lowest BCUT2D eigenvalue weighted by Gasteiger charge is -2.14. The highest BCUT2D eigenvalue weighted by Crippen LogP contribution is 2.20. The van der Waals surface area contributed by atoms with Gasteiger partial charge in [0.05, 0.1) is 0 Å². The predicted octanol–water partition coefficient (Wildman–Crippen LogP) is 4.54. The van der Waals surface area contributed by atoms with Crippen LogP contribution in [0.5, 0.6) is 5.75 Å². The van der Waals surface area contributed by atoms with Gasteiger partial charge in [0.1, 0.15) is 11.2 Å². The largest absolute Gasteiger partial charge is 0.480 e. The SMILES string of the molecule is CCCCCSC(C)Oc1ccc(C(C)=O)cc1. The maximum atomic E-state index is 11.1. The standard InChI is InChI=1S/C15H22O2S/c1-4-5-6-11-18-13(3)17-15-9-7-14(8-10-15)12(2)16/h7-10,13H,4-6,11H2,1-3H3. The summed E-state index contributed by atoms with van der Waals surface area (Å²) in [6, 6.07) is 7.35. The van der Waals surface area contributed by atoms with Gasteiger partial charge in [0.15, 0.2) is 5.78 Å². The Bertz CT molecular complexity index is 359. The van der Waals surface area contributed by atoms with E-state index >= 15 is 0 Å². The zero-order chi connectivity index (χ0) is 13.4. The fraction of sp³-hybridized carbons (Fsp3) is 0.533. The van der Waals surface area contributed by atoms with Crippen LogP contribution in [0.1, 0.15) is 50.4 Å². The third-order valence-corrected chi connectivity index (χ3v) is 3.75. The van der Waals surface area contributed by atoms with E-state index < -0.39 is 0 Å². The van der Waals surface area contributed by atoms with Crippen LogP contribution >= 0.6 is 11.8 Å². The molecule has 1 unspecified atom stereocenters. The highest BCUT2D eigenvalue weighted by molar-refractivity contribution is 7.99. The summed E-state index contributed by atoms with van der Waals surface area (Å²) in [6.07, 6.45) is 3.79. The minimum absolute atomic E-state index is 0.0866. The van der Waals surface area contributed by atoms with Crippen molar-refractivity contribution in [3.05, 3.63) is 29.8 Å². The number of ketones is 1. The average molecular weight is 266 g/mol. The lowest BCUT2D eigenvalue weighted by molar-refractivity contribution is 0.101. The van der Waals surface area contributed by atoms with Gasteiger partial charge in [-0.25, -0.2) is 0 Å². The molecule has 0 saturated carbocycles. The summed E-state index contributed by atoms with van der Waals surface area (Å²) in [7, 11) is 0. The first-order chi connectivity index (χ1) is 8.63. The van der Waals surface area contributed by atoms with Crippen LogP contribution in [0, 0.1) is 0 Å². The van der Waals surface area contributed by atoms with Gasteiger partial charge >= 0.3 is 0 Å². The topological polar surface area (TPSA) is 26.3 Å². The van der Waals surface area contributed by atoms with Gasteiger partial charge in [-0.05, 0) is 50.3 Å². The van der Waals surface area contributed by atoms with Crippen molar-refractivity contribution in [2.24, 2.45) is 0 Å². The highest BCUT2D eigenvalue weighted by Gasteiger charge is 2.05. The molecule has 3 heteroatoms. The zero-order valence-corrected chi connectivity index (χ0v) is 12.3. The van der Waals surface area contributed by atoms with Crippen molar-refractivity contribution in [2.75, 3.05) is 5.75 Å². The van der Waals surface area contributed by atoms with E-state index in [0.717, 1.165) is 17.1 Å². The van der Waals surface area contributed by atoms with Crippen LogP contribution in [0.2, 0.25) is 0 Å². The first-order valence-corrected chi connectivity index (χ1v) is 7.57. The van der Waals surface area contributed by atoms with E-state index in [-0.39, 0.29) is 11.2 Å². The van der Waals surface area contributed by atoms with Crippen LogP contribution in [0.4, 0.5) is 0 Å². The minimum atomic E-state index is 0.0866. The summed E-state index contributed by atoms with van der Waals surface area (Å²) in [6.45, 7) is 5.85. The zero-order valence-electron chi connectivity index (χ0n) is 11.4. The minimum Gasteiger partial charge on any atom is -0.480 e. The summed E-state index contributed by atoms with van der Waals surface area (Å²) in [5.74, 6) is 2.06. The average Bonchev–Trinajstić information content (AvgIpc) is 2.35. The van der Waals surface area contributed by atoms with Crippen molar-refractivity contribution < 1.29 is 9.53 Å². The molecule has 1 aromatic carbocycles. The van der Waals surface area contributed by atoms with Crippen LogP contribution in [-0.4, -0.2) is 17.0 Å². The molecule has 0 amide bonds. The molecule has 1 atom stereocenters. The number of benzene rings is 1. The molecule has 100 valence electrons. The van der Waals surface area contributed by atoms with Crippen molar-refractivity contribution >= 4 is 17.5 Å². The monoisotopic (exact) mass is 266 g/mol. The maximum Gasteiger partial charge on any atom is 0.159 e. The molecule has 1 aromatic rings. The van der Waals surface area contributed by atoms with Gasteiger partial charge < -0.3 is 4.74 Å². The summed E-state index contributed by atoms with van der Waals surface area (Å²) in [5.41, 5.74) is 0.885. The molecular formula is C15H22O2S. The molecule has 0 N–H and O–H groups in total. The van der Waals surface area contributed by atoms with Crippen LogP contribution in [-0.2, 0) is 0 Å². The molecule has 0 saturated heterocycles. The number of unbranched alkanes of at least 4 members (excludes halogenated alkanes) is 2. The Morgan fingerprint density at radius 1 is 1.28 bits per heavy atom. The van der Waals surface area contributed by atoms with Crippen molar-refractivity contribution in [2.45, 2.75) is 45.5 Å². The summed E-state index contributed by atoms with van der Waals surface area (Å²) in [5, 5.41) is 0. The molecule has 0 heterocycles. The number of ether oxygens (including phenoxy) is 1. The van der Waals surface area contributed by atoms with Gasteiger partial charge in [-0.1, -0.05) is 19.8 Å². The van der Waals surface area contributed by atoms with Crippen molar-refractivity contribution in [3.8, 4) is 5.75 Å². The number of thioether (sulfide) groups is 1.